The van der Waals surface area contributed by atoms with Crippen LogP contribution in [0.5, 0.6) is 5.75 Å². The van der Waals surface area contributed by atoms with E-state index in [2.05, 4.69) is 31.4 Å². The van der Waals surface area contributed by atoms with Crippen LogP contribution in [0.4, 0.5) is 4.39 Å². The van der Waals surface area contributed by atoms with Crippen molar-refractivity contribution in [3.63, 3.8) is 0 Å². The van der Waals surface area contributed by atoms with Crippen molar-refractivity contribution < 1.29 is 18.7 Å². The molecule has 38 heavy (non-hydrogen) atoms. The van der Waals surface area contributed by atoms with Crippen molar-refractivity contribution in [2.45, 2.75) is 6.92 Å². The highest BCUT2D eigenvalue weighted by atomic mass is 79.9. The maximum absolute atomic E-state index is 14.0. The summed E-state index contributed by atoms with van der Waals surface area (Å²) in [6.45, 7) is 1.89. The third kappa shape index (κ3) is 5.40. The molecule has 8 heteroatoms. The number of hydrogen-bond donors (Lipinski definition) is 2. The number of aryl methyl sites for hydroxylation is 1. The van der Waals surface area contributed by atoms with Crippen LogP contribution < -0.4 is 10.2 Å². The standard InChI is InChI=1S/C30H21BrFN3O3/c1-18-6-5-9-20(14-18)30(37)38-26-13-10-22(31)15-21(26)17-33-35-29(36)28-27(19-7-3-2-4-8-19)24-16-23(32)11-12-25(24)34-28/h2-17,34H,1H3,(H,35,36). The van der Waals surface area contributed by atoms with Crippen LogP contribution in [0.1, 0.15) is 32.0 Å². The predicted octanol–water partition coefficient (Wildman–Crippen LogP) is 7.03. The Bertz CT molecular complexity index is 1700. The average molecular weight is 570 g/mol. The number of amides is 1. The van der Waals surface area contributed by atoms with E-state index in [0.29, 0.717) is 27.6 Å². The second kappa shape index (κ2) is 10.8. The van der Waals surface area contributed by atoms with E-state index in [4.69, 9.17) is 4.74 Å². The number of esters is 1. The van der Waals surface area contributed by atoms with E-state index in [9.17, 15) is 14.0 Å². The van der Waals surface area contributed by atoms with Gasteiger partial charge < -0.3 is 9.72 Å². The number of hydrogen-bond acceptors (Lipinski definition) is 4. The van der Waals surface area contributed by atoms with Crippen molar-refractivity contribution in [2.24, 2.45) is 5.10 Å². The number of carbonyl (C=O) groups excluding carboxylic acids is 2. The van der Waals surface area contributed by atoms with E-state index < -0.39 is 17.7 Å². The Hall–Kier alpha value is -4.56. The van der Waals surface area contributed by atoms with Gasteiger partial charge in [-0.05, 0) is 61.0 Å². The van der Waals surface area contributed by atoms with Gasteiger partial charge in [-0.15, -0.1) is 0 Å². The van der Waals surface area contributed by atoms with Crippen LogP contribution in [0.2, 0.25) is 0 Å². The number of benzene rings is 4. The Morgan fingerprint density at radius 2 is 1.79 bits per heavy atom. The molecule has 0 saturated carbocycles. The van der Waals surface area contributed by atoms with Crippen LogP contribution in [-0.4, -0.2) is 23.1 Å². The normalized spacial score (nSPS) is 11.1. The van der Waals surface area contributed by atoms with Crippen molar-refractivity contribution in [1.82, 2.24) is 10.4 Å². The first-order valence-electron chi connectivity index (χ1n) is 11.7. The molecule has 1 amide bonds. The molecule has 0 spiro atoms. The van der Waals surface area contributed by atoms with Crippen LogP contribution in [0, 0.1) is 12.7 Å². The summed E-state index contributed by atoms with van der Waals surface area (Å²) in [5, 5.41) is 4.69. The highest BCUT2D eigenvalue weighted by Gasteiger charge is 2.19. The number of carbonyl (C=O) groups is 2. The van der Waals surface area contributed by atoms with Gasteiger partial charge >= 0.3 is 5.97 Å². The molecule has 0 bridgehead atoms. The van der Waals surface area contributed by atoms with Crippen LogP contribution in [0.25, 0.3) is 22.0 Å². The quantitative estimate of drug-likeness (QED) is 0.0996. The molecule has 0 aliphatic rings. The van der Waals surface area contributed by atoms with Crippen molar-refractivity contribution >= 4 is 44.9 Å². The Kier molecular flexibility index (Phi) is 7.15. The summed E-state index contributed by atoms with van der Waals surface area (Å²) in [4.78, 5) is 28.9. The Morgan fingerprint density at radius 3 is 2.58 bits per heavy atom. The number of H-pyrrole nitrogens is 1. The van der Waals surface area contributed by atoms with E-state index in [-0.39, 0.29) is 11.4 Å². The zero-order valence-corrected chi connectivity index (χ0v) is 21.8. The fraction of sp³-hybridized carbons (Fsp3) is 0.0333. The lowest BCUT2D eigenvalue weighted by Gasteiger charge is -2.09. The zero-order chi connectivity index (χ0) is 26.6. The van der Waals surface area contributed by atoms with Crippen LogP contribution in [-0.2, 0) is 0 Å². The van der Waals surface area contributed by atoms with Gasteiger partial charge in [0, 0.05) is 26.5 Å². The number of aromatic amines is 1. The molecule has 2 N–H and O–H groups in total. The first kappa shape index (κ1) is 25.1. The second-order valence-corrected chi connectivity index (χ2v) is 9.49. The predicted molar refractivity (Wildman–Crippen MR) is 149 cm³/mol. The van der Waals surface area contributed by atoms with Gasteiger partial charge in [0.2, 0.25) is 0 Å². The lowest BCUT2D eigenvalue weighted by molar-refractivity contribution is 0.0734. The van der Waals surface area contributed by atoms with Crippen molar-refractivity contribution in [3.8, 4) is 16.9 Å². The number of nitrogens with one attached hydrogen (secondary N) is 2. The summed E-state index contributed by atoms with van der Waals surface area (Å²) in [7, 11) is 0. The van der Waals surface area contributed by atoms with E-state index in [1.54, 1.807) is 42.5 Å². The molecule has 4 aromatic carbocycles. The third-order valence-corrected chi connectivity index (χ3v) is 6.34. The number of halogens is 2. The van der Waals surface area contributed by atoms with Crippen LogP contribution in [0.3, 0.4) is 0 Å². The molecule has 6 nitrogen and oxygen atoms in total. The molecular weight excluding hydrogens is 549 g/mol. The zero-order valence-electron chi connectivity index (χ0n) is 20.2. The van der Waals surface area contributed by atoms with Crippen LogP contribution in [0.15, 0.2) is 101 Å². The molecule has 0 saturated heterocycles. The highest BCUT2D eigenvalue weighted by Crippen LogP contribution is 2.33. The summed E-state index contributed by atoms with van der Waals surface area (Å²) >= 11 is 3.41. The molecule has 5 rings (SSSR count). The smallest absolute Gasteiger partial charge is 0.343 e. The molecule has 188 valence electrons. The number of aromatic nitrogens is 1. The highest BCUT2D eigenvalue weighted by molar-refractivity contribution is 9.10. The van der Waals surface area contributed by atoms with E-state index in [1.807, 2.05) is 43.3 Å². The monoisotopic (exact) mass is 569 g/mol. The maximum atomic E-state index is 14.0. The van der Waals surface area contributed by atoms with Gasteiger partial charge in [0.25, 0.3) is 5.91 Å². The first-order chi connectivity index (χ1) is 18.4. The summed E-state index contributed by atoms with van der Waals surface area (Å²) in [6, 6.07) is 25.8. The fourth-order valence-corrected chi connectivity index (χ4v) is 4.48. The third-order valence-electron chi connectivity index (χ3n) is 5.85. The molecule has 0 aliphatic heterocycles. The van der Waals surface area contributed by atoms with Gasteiger partial charge in [0.1, 0.15) is 17.3 Å². The minimum absolute atomic E-state index is 0.245. The number of rotatable bonds is 6. The van der Waals surface area contributed by atoms with Gasteiger partial charge in [-0.2, -0.15) is 5.10 Å². The number of hydrazone groups is 1. The molecule has 0 fully saturated rings. The molecule has 0 aliphatic carbocycles. The second-order valence-electron chi connectivity index (χ2n) is 8.57. The lowest BCUT2D eigenvalue weighted by Crippen LogP contribution is -2.19. The topological polar surface area (TPSA) is 83.5 Å². The lowest BCUT2D eigenvalue weighted by atomic mass is 10.0. The van der Waals surface area contributed by atoms with Crippen molar-refractivity contribution in [3.05, 3.63) is 124 Å². The Labute approximate surface area is 226 Å². The molecule has 0 radical (unpaired) electrons. The van der Waals surface area contributed by atoms with Crippen molar-refractivity contribution in [1.29, 1.82) is 0 Å². The molecule has 1 aromatic heterocycles. The minimum atomic E-state index is -0.509. The summed E-state index contributed by atoms with van der Waals surface area (Å²) in [6.07, 6.45) is 1.39. The van der Waals surface area contributed by atoms with Gasteiger partial charge in [0.05, 0.1) is 11.8 Å². The molecule has 0 atom stereocenters. The number of fused-ring (bicyclic) bond motifs is 1. The molecular formula is C30H21BrFN3O3. The largest absolute Gasteiger partial charge is 0.422 e. The average Bonchev–Trinajstić information content (AvgIpc) is 3.29. The van der Waals surface area contributed by atoms with Gasteiger partial charge in [-0.1, -0.05) is 64.0 Å². The van der Waals surface area contributed by atoms with Gasteiger partial charge in [0.15, 0.2) is 0 Å². The fourth-order valence-electron chi connectivity index (χ4n) is 4.10. The molecule has 0 unspecified atom stereocenters. The van der Waals surface area contributed by atoms with E-state index in [1.165, 1.54) is 18.3 Å². The summed E-state index contributed by atoms with van der Waals surface area (Å²) in [5.74, 6) is -1.14. The molecule has 1 heterocycles. The van der Waals surface area contributed by atoms with Crippen LogP contribution >= 0.6 is 15.9 Å². The Morgan fingerprint density at radius 1 is 0.974 bits per heavy atom. The molecule has 5 aromatic rings. The minimum Gasteiger partial charge on any atom is -0.422 e. The number of ether oxygens (including phenoxy) is 1. The SMILES string of the molecule is Cc1cccc(C(=O)Oc2ccc(Br)cc2C=NNC(=O)c2[nH]c3ccc(F)cc3c2-c2ccccc2)c1. The Balaban J connectivity index is 1.41. The van der Waals surface area contributed by atoms with E-state index >= 15 is 0 Å². The van der Waals surface area contributed by atoms with Gasteiger partial charge in [-0.25, -0.2) is 14.6 Å². The maximum Gasteiger partial charge on any atom is 0.343 e. The first-order valence-corrected chi connectivity index (χ1v) is 12.5. The van der Waals surface area contributed by atoms with Gasteiger partial charge in [-0.3, -0.25) is 4.79 Å². The van der Waals surface area contributed by atoms with E-state index in [0.717, 1.165) is 15.6 Å². The summed E-state index contributed by atoms with van der Waals surface area (Å²) in [5.41, 5.74) is 6.56. The summed E-state index contributed by atoms with van der Waals surface area (Å²) < 4.78 is 20.4. The number of nitrogens with zero attached hydrogens (tertiary/aromatic N) is 1. The van der Waals surface area contributed by atoms with Crippen molar-refractivity contribution in [2.75, 3.05) is 0 Å².